The van der Waals surface area contributed by atoms with Gasteiger partial charge in [0.1, 0.15) is 0 Å². The summed E-state index contributed by atoms with van der Waals surface area (Å²) in [4.78, 5) is 0. The fraction of sp³-hybridized carbons (Fsp3) is 1.00. The molecule has 2 fully saturated rings. The summed E-state index contributed by atoms with van der Waals surface area (Å²) in [6.07, 6.45) is 8.06. The molecule has 12 heavy (non-hydrogen) atoms. The lowest BCUT2D eigenvalue weighted by Gasteiger charge is -2.50. The maximum absolute atomic E-state index is 6.38. The first-order valence-corrected chi connectivity index (χ1v) is 5.26. The van der Waals surface area contributed by atoms with E-state index in [1.165, 1.54) is 38.5 Å². The van der Waals surface area contributed by atoms with Crippen molar-refractivity contribution < 1.29 is 0 Å². The van der Waals surface area contributed by atoms with Crippen LogP contribution in [0.25, 0.3) is 0 Å². The van der Waals surface area contributed by atoms with Gasteiger partial charge in [-0.1, -0.05) is 12.8 Å². The molecule has 0 heterocycles. The van der Waals surface area contributed by atoms with Gasteiger partial charge in [0.15, 0.2) is 0 Å². The van der Waals surface area contributed by atoms with Crippen LogP contribution in [0.1, 0.15) is 38.5 Å². The summed E-state index contributed by atoms with van der Waals surface area (Å²) in [5.41, 5.74) is 12.2. The van der Waals surface area contributed by atoms with Crippen molar-refractivity contribution in [1.29, 1.82) is 0 Å². The van der Waals surface area contributed by atoms with Crippen LogP contribution in [0.5, 0.6) is 0 Å². The van der Waals surface area contributed by atoms with Gasteiger partial charge in [-0.3, -0.25) is 0 Å². The molecule has 2 rings (SSSR count). The topological polar surface area (TPSA) is 52.0 Å². The van der Waals surface area contributed by atoms with Gasteiger partial charge in [-0.2, -0.15) is 0 Å². The van der Waals surface area contributed by atoms with E-state index in [0.717, 1.165) is 11.8 Å². The van der Waals surface area contributed by atoms with E-state index in [9.17, 15) is 0 Å². The summed E-state index contributed by atoms with van der Waals surface area (Å²) in [7, 11) is 0. The zero-order valence-electron chi connectivity index (χ0n) is 7.76. The standard InChI is InChI=1S/C10H20N2/c11-7-10(12)8-3-1-4-9(10)6-2-5-8/h8-9H,1-7,11-12H2. The third-order valence-corrected chi connectivity index (χ3v) is 4.08. The molecule has 0 aromatic carbocycles. The van der Waals surface area contributed by atoms with Crippen molar-refractivity contribution >= 4 is 0 Å². The average molecular weight is 168 g/mol. The van der Waals surface area contributed by atoms with E-state index in [4.69, 9.17) is 11.5 Å². The van der Waals surface area contributed by atoms with Crippen molar-refractivity contribution in [1.82, 2.24) is 0 Å². The van der Waals surface area contributed by atoms with Crippen LogP contribution in [0.2, 0.25) is 0 Å². The molecule has 2 bridgehead atoms. The minimum atomic E-state index is 0.0104. The molecule has 4 N–H and O–H groups in total. The van der Waals surface area contributed by atoms with Crippen LogP contribution in [0.3, 0.4) is 0 Å². The minimum absolute atomic E-state index is 0.0104. The van der Waals surface area contributed by atoms with Crippen molar-refractivity contribution in [3.8, 4) is 0 Å². The fourth-order valence-corrected chi connectivity index (χ4v) is 3.25. The summed E-state index contributed by atoms with van der Waals surface area (Å²) < 4.78 is 0. The van der Waals surface area contributed by atoms with Gasteiger partial charge in [-0.15, -0.1) is 0 Å². The second-order valence-corrected chi connectivity index (χ2v) is 4.57. The van der Waals surface area contributed by atoms with Crippen molar-refractivity contribution in [3.05, 3.63) is 0 Å². The third kappa shape index (κ3) is 1.09. The van der Waals surface area contributed by atoms with Crippen molar-refractivity contribution in [2.75, 3.05) is 6.54 Å². The van der Waals surface area contributed by atoms with Crippen LogP contribution >= 0.6 is 0 Å². The van der Waals surface area contributed by atoms with E-state index in [1.54, 1.807) is 0 Å². The number of hydrogen-bond donors (Lipinski definition) is 2. The highest BCUT2D eigenvalue weighted by atomic mass is 14.9. The van der Waals surface area contributed by atoms with Gasteiger partial charge in [-0.25, -0.2) is 0 Å². The van der Waals surface area contributed by atoms with E-state index in [0.29, 0.717) is 6.54 Å². The molecule has 0 aromatic rings. The predicted molar refractivity (Wildman–Crippen MR) is 50.7 cm³/mol. The Morgan fingerprint density at radius 1 is 1.00 bits per heavy atom. The Kier molecular flexibility index (Phi) is 2.13. The first kappa shape index (κ1) is 8.52. The van der Waals surface area contributed by atoms with E-state index in [1.807, 2.05) is 0 Å². The van der Waals surface area contributed by atoms with E-state index < -0.39 is 0 Å². The Labute approximate surface area is 74.7 Å². The number of nitrogens with two attached hydrogens (primary N) is 2. The molecule has 2 nitrogen and oxygen atoms in total. The Balaban J connectivity index is 2.18. The number of rotatable bonds is 1. The van der Waals surface area contributed by atoms with Crippen molar-refractivity contribution in [2.45, 2.75) is 44.1 Å². The Morgan fingerprint density at radius 2 is 1.42 bits per heavy atom. The smallest absolute Gasteiger partial charge is 0.0335 e. The van der Waals surface area contributed by atoms with Crippen LogP contribution in [-0.2, 0) is 0 Å². The van der Waals surface area contributed by atoms with Crippen LogP contribution in [-0.4, -0.2) is 12.1 Å². The molecule has 2 aliphatic rings. The summed E-state index contributed by atoms with van der Waals surface area (Å²) in [5, 5.41) is 0. The lowest BCUT2D eigenvalue weighted by Crippen LogP contribution is -2.61. The summed E-state index contributed by atoms with van der Waals surface area (Å²) in [6, 6.07) is 0. The predicted octanol–water partition coefficient (Wildman–Crippen LogP) is 1.24. The molecule has 0 unspecified atom stereocenters. The first-order valence-electron chi connectivity index (χ1n) is 5.26. The molecular weight excluding hydrogens is 148 g/mol. The molecular formula is C10H20N2. The highest BCUT2D eigenvalue weighted by Crippen LogP contribution is 2.45. The van der Waals surface area contributed by atoms with Gasteiger partial charge in [-0.05, 0) is 37.5 Å². The van der Waals surface area contributed by atoms with Gasteiger partial charge in [0, 0.05) is 12.1 Å². The normalized spacial score (nSPS) is 47.5. The average Bonchev–Trinajstić information content (AvgIpc) is 2.03. The van der Waals surface area contributed by atoms with E-state index in [-0.39, 0.29) is 5.54 Å². The van der Waals surface area contributed by atoms with E-state index in [2.05, 4.69) is 0 Å². The molecule has 0 aromatic heterocycles. The highest BCUT2D eigenvalue weighted by Gasteiger charge is 2.45. The summed E-state index contributed by atoms with van der Waals surface area (Å²) in [5.74, 6) is 1.46. The molecule has 0 amide bonds. The third-order valence-electron chi connectivity index (χ3n) is 4.08. The van der Waals surface area contributed by atoms with Crippen LogP contribution in [0, 0.1) is 11.8 Å². The Morgan fingerprint density at radius 3 is 1.67 bits per heavy atom. The van der Waals surface area contributed by atoms with E-state index >= 15 is 0 Å². The van der Waals surface area contributed by atoms with Gasteiger partial charge >= 0.3 is 0 Å². The maximum Gasteiger partial charge on any atom is 0.0335 e. The molecule has 2 saturated carbocycles. The monoisotopic (exact) mass is 168 g/mol. The molecule has 70 valence electrons. The summed E-state index contributed by atoms with van der Waals surface area (Å²) >= 11 is 0. The SMILES string of the molecule is NCC1(N)C2CCCC1CCC2. The molecule has 0 saturated heterocycles. The second kappa shape index (κ2) is 3.00. The quantitative estimate of drug-likeness (QED) is 0.619. The highest BCUT2D eigenvalue weighted by molar-refractivity contribution is 5.03. The van der Waals surface area contributed by atoms with Gasteiger partial charge < -0.3 is 11.5 Å². The van der Waals surface area contributed by atoms with Crippen LogP contribution in [0.4, 0.5) is 0 Å². The fourth-order valence-electron chi connectivity index (χ4n) is 3.25. The zero-order chi connectivity index (χ0) is 8.60. The largest absolute Gasteiger partial charge is 0.329 e. The lowest BCUT2D eigenvalue weighted by atomic mass is 9.60. The Hall–Kier alpha value is -0.0800. The van der Waals surface area contributed by atoms with Crippen molar-refractivity contribution in [3.63, 3.8) is 0 Å². The van der Waals surface area contributed by atoms with Gasteiger partial charge in [0.25, 0.3) is 0 Å². The maximum atomic E-state index is 6.38. The first-order chi connectivity index (χ1) is 5.77. The second-order valence-electron chi connectivity index (χ2n) is 4.57. The molecule has 0 aliphatic heterocycles. The number of fused-ring (bicyclic) bond motifs is 2. The van der Waals surface area contributed by atoms with Crippen LogP contribution < -0.4 is 11.5 Å². The summed E-state index contributed by atoms with van der Waals surface area (Å²) in [6.45, 7) is 0.697. The molecule has 2 heteroatoms. The van der Waals surface area contributed by atoms with Gasteiger partial charge in [0.2, 0.25) is 0 Å². The molecule has 0 radical (unpaired) electrons. The lowest BCUT2D eigenvalue weighted by molar-refractivity contribution is 0.0655. The zero-order valence-corrected chi connectivity index (χ0v) is 7.76. The van der Waals surface area contributed by atoms with Gasteiger partial charge in [0.05, 0.1) is 0 Å². The molecule has 0 spiro atoms. The Bertz CT molecular complexity index is 145. The number of hydrogen-bond acceptors (Lipinski definition) is 2. The van der Waals surface area contributed by atoms with Crippen molar-refractivity contribution in [2.24, 2.45) is 23.3 Å². The molecule has 2 aliphatic carbocycles. The molecule has 0 atom stereocenters. The van der Waals surface area contributed by atoms with Crippen LogP contribution in [0.15, 0.2) is 0 Å². The minimum Gasteiger partial charge on any atom is -0.329 e.